The second-order valence-corrected chi connectivity index (χ2v) is 6.44. The maximum absolute atomic E-state index is 13.3. The third kappa shape index (κ3) is 3.22. The van der Waals surface area contributed by atoms with Gasteiger partial charge in [-0.3, -0.25) is 4.79 Å². The highest BCUT2D eigenvalue weighted by Gasteiger charge is 2.34. The van der Waals surface area contributed by atoms with Gasteiger partial charge >= 0.3 is 0 Å². The Morgan fingerprint density at radius 3 is 2.87 bits per heavy atom. The van der Waals surface area contributed by atoms with Crippen molar-refractivity contribution >= 4 is 16.9 Å². The van der Waals surface area contributed by atoms with Crippen LogP contribution in [-0.2, 0) is 18.3 Å². The number of benzene rings is 1. The van der Waals surface area contributed by atoms with Gasteiger partial charge in [-0.05, 0) is 25.0 Å². The summed E-state index contributed by atoms with van der Waals surface area (Å²) in [7, 11) is 1.90. The molecule has 2 aromatic rings. The van der Waals surface area contributed by atoms with Crippen LogP contribution in [0.4, 0.5) is 4.39 Å². The molecule has 1 aromatic heterocycles. The normalized spacial score (nSPS) is 17.3. The largest absolute Gasteiger partial charge is 0.354 e. The first-order chi connectivity index (χ1) is 11.0. The van der Waals surface area contributed by atoms with E-state index >= 15 is 0 Å². The molecule has 0 saturated heterocycles. The van der Waals surface area contributed by atoms with Crippen molar-refractivity contribution in [3.8, 4) is 0 Å². The number of nitrogens with two attached hydrogens (primary N) is 1. The van der Waals surface area contributed by atoms with Gasteiger partial charge in [0, 0.05) is 26.1 Å². The summed E-state index contributed by atoms with van der Waals surface area (Å²) in [6.07, 6.45) is 5.28. The molecule has 0 spiro atoms. The second kappa shape index (κ2) is 6.28. The summed E-state index contributed by atoms with van der Waals surface area (Å²) in [5.74, 6) is 0.459. The molecule has 1 aliphatic rings. The van der Waals surface area contributed by atoms with E-state index in [2.05, 4.69) is 10.3 Å². The molecule has 0 unspecified atom stereocenters. The van der Waals surface area contributed by atoms with Gasteiger partial charge in [0.2, 0.25) is 5.91 Å². The Morgan fingerprint density at radius 1 is 1.39 bits per heavy atom. The molecular weight excluding hydrogens is 295 g/mol. The zero-order chi connectivity index (χ0) is 16.4. The van der Waals surface area contributed by atoms with Gasteiger partial charge in [0.1, 0.15) is 11.6 Å². The predicted molar refractivity (Wildman–Crippen MR) is 87.4 cm³/mol. The number of nitrogens with one attached hydrogen (secondary N) is 1. The highest BCUT2D eigenvalue weighted by atomic mass is 19.1. The molecule has 0 atom stereocenters. The van der Waals surface area contributed by atoms with Gasteiger partial charge < -0.3 is 15.6 Å². The lowest BCUT2D eigenvalue weighted by atomic mass is 9.82. The minimum atomic E-state index is -0.715. The minimum absolute atomic E-state index is 0.0676. The number of carbonyl (C=O) groups is 1. The van der Waals surface area contributed by atoms with Crippen LogP contribution in [-0.4, -0.2) is 27.5 Å². The number of carbonyl (C=O) groups excluding carboxylic acids is 1. The van der Waals surface area contributed by atoms with E-state index < -0.39 is 5.54 Å². The molecule has 3 N–H and O–H groups in total. The van der Waals surface area contributed by atoms with E-state index in [0.717, 1.165) is 43.4 Å². The number of halogens is 1. The molecule has 3 rings (SSSR count). The van der Waals surface area contributed by atoms with Gasteiger partial charge in [-0.25, -0.2) is 9.37 Å². The number of hydrogen-bond acceptors (Lipinski definition) is 3. The van der Waals surface area contributed by atoms with E-state index in [0.29, 0.717) is 18.5 Å². The summed E-state index contributed by atoms with van der Waals surface area (Å²) in [5, 5.41) is 2.93. The van der Waals surface area contributed by atoms with Crippen LogP contribution in [0.3, 0.4) is 0 Å². The molecule has 1 aromatic carbocycles. The van der Waals surface area contributed by atoms with E-state index in [-0.39, 0.29) is 11.7 Å². The first-order valence-electron chi connectivity index (χ1n) is 8.18. The van der Waals surface area contributed by atoms with E-state index in [1.54, 1.807) is 6.07 Å². The molecule has 1 amide bonds. The fraction of sp³-hybridized carbons (Fsp3) is 0.529. The van der Waals surface area contributed by atoms with E-state index in [1.807, 2.05) is 11.6 Å². The molecule has 1 fully saturated rings. The average Bonchev–Trinajstić information content (AvgIpc) is 2.83. The summed E-state index contributed by atoms with van der Waals surface area (Å²) in [6.45, 7) is 0.484. The summed E-state index contributed by atoms with van der Waals surface area (Å²) < 4.78 is 15.2. The van der Waals surface area contributed by atoms with Crippen molar-refractivity contribution in [2.24, 2.45) is 12.8 Å². The van der Waals surface area contributed by atoms with Crippen molar-refractivity contribution in [1.82, 2.24) is 14.9 Å². The van der Waals surface area contributed by atoms with Crippen LogP contribution in [0.5, 0.6) is 0 Å². The number of hydrogen-bond donors (Lipinski definition) is 2. The lowest BCUT2D eigenvalue weighted by molar-refractivity contribution is -0.127. The first kappa shape index (κ1) is 15.9. The standard InChI is InChI=1S/C17H23FN4O/c1-22-14-6-5-12(18)11-13(14)21-15(22)7-10-20-16(23)17(19)8-3-2-4-9-17/h5-6,11H,2-4,7-10,19H2,1H3,(H,20,23). The Labute approximate surface area is 135 Å². The number of aryl methyl sites for hydroxylation is 1. The Morgan fingerprint density at radius 2 is 2.13 bits per heavy atom. The Kier molecular flexibility index (Phi) is 4.35. The van der Waals surface area contributed by atoms with Crippen LogP contribution in [0.25, 0.3) is 11.0 Å². The molecule has 1 aliphatic carbocycles. The van der Waals surface area contributed by atoms with E-state index in [4.69, 9.17) is 5.73 Å². The first-order valence-corrected chi connectivity index (χ1v) is 8.18. The molecule has 0 radical (unpaired) electrons. The fourth-order valence-corrected chi connectivity index (χ4v) is 3.32. The number of nitrogens with zero attached hydrogens (tertiary/aromatic N) is 2. The molecular formula is C17H23FN4O. The van der Waals surface area contributed by atoms with Crippen molar-refractivity contribution in [2.45, 2.75) is 44.1 Å². The summed E-state index contributed by atoms with van der Waals surface area (Å²) in [6, 6.07) is 4.57. The highest BCUT2D eigenvalue weighted by Crippen LogP contribution is 2.26. The zero-order valence-electron chi connectivity index (χ0n) is 13.4. The number of fused-ring (bicyclic) bond motifs is 1. The molecule has 124 valence electrons. The molecule has 23 heavy (non-hydrogen) atoms. The Balaban J connectivity index is 1.62. The highest BCUT2D eigenvalue weighted by molar-refractivity contribution is 5.86. The molecule has 6 heteroatoms. The van der Waals surface area contributed by atoms with Crippen molar-refractivity contribution in [1.29, 1.82) is 0 Å². The third-order valence-electron chi connectivity index (χ3n) is 4.77. The monoisotopic (exact) mass is 318 g/mol. The third-order valence-corrected chi connectivity index (χ3v) is 4.77. The lowest BCUT2D eigenvalue weighted by Gasteiger charge is -2.31. The Bertz CT molecular complexity index is 719. The quantitative estimate of drug-likeness (QED) is 0.906. The van der Waals surface area contributed by atoms with E-state index in [9.17, 15) is 9.18 Å². The van der Waals surface area contributed by atoms with Gasteiger partial charge in [0.15, 0.2) is 0 Å². The van der Waals surface area contributed by atoms with Crippen LogP contribution in [0, 0.1) is 5.82 Å². The lowest BCUT2D eigenvalue weighted by Crippen LogP contribution is -2.55. The molecule has 1 saturated carbocycles. The van der Waals surface area contributed by atoms with E-state index in [1.165, 1.54) is 12.1 Å². The smallest absolute Gasteiger partial charge is 0.240 e. The SMILES string of the molecule is Cn1c(CCNC(=O)C2(N)CCCCC2)nc2cc(F)ccc21. The predicted octanol–water partition coefficient (Wildman–Crippen LogP) is 2.03. The van der Waals surface area contributed by atoms with Gasteiger partial charge in [-0.1, -0.05) is 19.3 Å². The van der Waals surface area contributed by atoms with Crippen LogP contribution in [0.15, 0.2) is 18.2 Å². The average molecular weight is 318 g/mol. The maximum Gasteiger partial charge on any atom is 0.240 e. The topological polar surface area (TPSA) is 72.9 Å². The summed E-state index contributed by atoms with van der Waals surface area (Å²) >= 11 is 0. The molecule has 5 nitrogen and oxygen atoms in total. The van der Waals surface area contributed by atoms with Crippen LogP contribution < -0.4 is 11.1 Å². The summed E-state index contributed by atoms with van der Waals surface area (Å²) in [4.78, 5) is 16.7. The number of amides is 1. The van der Waals surface area contributed by atoms with Crippen molar-refractivity contribution < 1.29 is 9.18 Å². The fourth-order valence-electron chi connectivity index (χ4n) is 3.32. The number of imidazole rings is 1. The molecule has 0 bridgehead atoms. The number of aromatic nitrogens is 2. The summed E-state index contributed by atoms with van der Waals surface area (Å²) in [5.41, 5.74) is 7.02. The van der Waals surface area contributed by atoms with Gasteiger partial charge in [0.05, 0.1) is 16.6 Å². The van der Waals surface area contributed by atoms with Crippen molar-refractivity contribution in [2.75, 3.05) is 6.54 Å². The molecule has 0 aliphatic heterocycles. The van der Waals surface area contributed by atoms with Crippen LogP contribution in [0.2, 0.25) is 0 Å². The van der Waals surface area contributed by atoms with Gasteiger partial charge in [-0.15, -0.1) is 0 Å². The van der Waals surface area contributed by atoms with Crippen LogP contribution >= 0.6 is 0 Å². The Hall–Kier alpha value is -1.95. The molecule has 1 heterocycles. The van der Waals surface area contributed by atoms with Crippen LogP contribution in [0.1, 0.15) is 37.9 Å². The minimum Gasteiger partial charge on any atom is -0.354 e. The van der Waals surface area contributed by atoms with Gasteiger partial charge in [-0.2, -0.15) is 0 Å². The van der Waals surface area contributed by atoms with Crippen molar-refractivity contribution in [3.63, 3.8) is 0 Å². The second-order valence-electron chi connectivity index (χ2n) is 6.44. The zero-order valence-corrected chi connectivity index (χ0v) is 13.4. The van der Waals surface area contributed by atoms with Crippen molar-refractivity contribution in [3.05, 3.63) is 29.8 Å². The van der Waals surface area contributed by atoms with Gasteiger partial charge in [0.25, 0.3) is 0 Å². The number of rotatable bonds is 4. The maximum atomic E-state index is 13.3.